The van der Waals surface area contributed by atoms with Gasteiger partial charge in [-0.3, -0.25) is 0 Å². The molecule has 0 spiro atoms. The van der Waals surface area contributed by atoms with Crippen molar-refractivity contribution in [3.63, 3.8) is 0 Å². The highest BCUT2D eigenvalue weighted by Crippen LogP contribution is 2.36. The molecule has 2 heteroatoms. The van der Waals surface area contributed by atoms with Crippen molar-refractivity contribution < 1.29 is 4.74 Å². The SMILES string of the molecule is Cc1c(OCc2ccccc2)ccc(-c2ccccc2N(C)C)c1C. The van der Waals surface area contributed by atoms with Gasteiger partial charge in [0.1, 0.15) is 12.4 Å². The zero-order valence-corrected chi connectivity index (χ0v) is 15.4. The fraction of sp³-hybridized carbons (Fsp3) is 0.217. The molecule has 2 nitrogen and oxygen atoms in total. The standard InChI is InChI=1S/C23H25NO/c1-17-18(2)23(25-16-19-10-6-5-7-11-19)15-14-20(17)21-12-8-9-13-22(21)24(3)4/h5-15H,16H2,1-4H3. The van der Waals surface area contributed by atoms with Crippen LogP contribution in [0.4, 0.5) is 5.69 Å². The van der Waals surface area contributed by atoms with E-state index in [0.717, 1.165) is 5.75 Å². The average molecular weight is 331 g/mol. The predicted octanol–water partition coefficient (Wildman–Crippen LogP) is 5.62. The minimum Gasteiger partial charge on any atom is -0.489 e. The van der Waals surface area contributed by atoms with E-state index in [1.807, 2.05) is 18.2 Å². The molecule has 128 valence electrons. The molecule has 0 bridgehead atoms. The van der Waals surface area contributed by atoms with Gasteiger partial charge in [0, 0.05) is 25.3 Å². The summed E-state index contributed by atoms with van der Waals surface area (Å²) in [6.45, 7) is 4.90. The molecule has 3 rings (SSSR count). The molecule has 0 aliphatic heterocycles. The average Bonchev–Trinajstić information content (AvgIpc) is 2.64. The highest BCUT2D eigenvalue weighted by atomic mass is 16.5. The Hall–Kier alpha value is -2.74. The van der Waals surface area contributed by atoms with Gasteiger partial charge in [0.05, 0.1) is 0 Å². The summed E-state index contributed by atoms with van der Waals surface area (Å²) in [5, 5.41) is 0. The summed E-state index contributed by atoms with van der Waals surface area (Å²) in [5.74, 6) is 0.951. The summed E-state index contributed by atoms with van der Waals surface area (Å²) >= 11 is 0. The maximum Gasteiger partial charge on any atom is 0.123 e. The topological polar surface area (TPSA) is 12.5 Å². The van der Waals surface area contributed by atoms with Crippen molar-refractivity contribution in [1.29, 1.82) is 0 Å². The van der Waals surface area contributed by atoms with Gasteiger partial charge < -0.3 is 9.64 Å². The number of hydrogen-bond acceptors (Lipinski definition) is 2. The molecule has 3 aromatic rings. The normalized spacial score (nSPS) is 10.6. The van der Waals surface area contributed by atoms with Crippen LogP contribution >= 0.6 is 0 Å². The zero-order valence-electron chi connectivity index (χ0n) is 15.4. The molecule has 0 unspecified atom stereocenters. The smallest absolute Gasteiger partial charge is 0.123 e. The van der Waals surface area contributed by atoms with Gasteiger partial charge in [0.15, 0.2) is 0 Å². The summed E-state index contributed by atoms with van der Waals surface area (Å²) in [4.78, 5) is 2.16. The molecular formula is C23H25NO. The molecule has 0 N–H and O–H groups in total. The fourth-order valence-electron chi connectivity index (χ4n) is 3.07. The molecule has 0 aliphatic carbocycles. The molecule has 3 aromatic carbocycles. The maximum absolute atomic E-state index is 6.06. The van der Waals surface area contributed by atoms with Gasteiger partial charge in [-0.15, -0.1) is 0 Å². The van der Waals surface area contributed by atoms with E-state index in [1.165, 1.54) is 33.5 Å². The van der Waals surface area contributed by atoms with Crippen LogP contribution in [0.1, 0.15) is 16.7 Å². The Labute approximate surface area is 150 Å². The highest BCUT2D eigenvalue weighted by Gasteiger charge is 2.13. The van der Waals surface area contributed by atoms with E-state index in [0.29, 0.717) is 6.61 Å². The Morgan fingerprint density at radius 3 is 2.12 bits per heavy atom. The first-order valence-corrected chi connectivity index (χ1v) is 8.61. The molecule has 0 saturated heterocycles. The lowest BCUT2D eigenvalue weighted by Crippen LogP contribution is -2.10. The van der Waals surface area contributed by atoms with Gasteiger partial charge >= 0.3 is 0 Å². The Bertz CT molecular complexity index is 853. The van der Waals surface area contributed by atoms with E-state index in [-0.39, 0.29) is 0 Å². The lowest BCUT2D eigenvalue weighted by atomic mass is 9.95. The summed E-state index contributed by atoms with van der Waals surface area (Å²) in [7, 11) is 4.16. The van der Waals surface area contributed by atoms with Crippen LogP contribution in [0.2, 0.25) is 0 Å². The fourth-order valence-corrected chi connectivity index (χ4v) is 3.07. The molecular weight excluding hydrogens is 306 g/mol. The zero-order chi connectivity index (χ0) is 17.8. The van der Waals surface area contributed by atoms with Gasteiger partial charge in [-0.05, 0) is 48.2 Å². The van der Waals surface area contributed by atoms with Crippen LogP contribution in [0, 0.1) is 13.8 Å². The first-order valence-electron chi connectivity index (χ1n) is 8.61. The third-order valence-corrected chi connectivity index (χ3v) is 4.65. The Morgan fingerprint density at radius 2 is 1.40 bits per heavy atom. The number of benzene rings is 3. The van der Waals surface area contributed by atoms with Gasteiger partial charge in [-0.25, -0.2) is 0 Å². The molecule has 0 aliphatic rings. The van der Waals surface area contributed by atoms with Crippen molar-refractivity contribution in [1.82, 2.24) is 0 Å². The van der Waals surface area contributed by atoms with Gasteiger partial charge in [-0.2, -0.15) is 0 Å². The third kappa shape index (κ3) is 3.69. The Balaban J connectivity index is 1.91. The summed E-state index contributed by atoms with van der Waals surface area (Å²) in [6.07, 6.45) is 0. The van der Waals surface area contributed by atoms with Crippen LogP contribution in [0.25, 0.3) is 11.1 Å². The number of ether oxygens (including phenoxy) is 1. The van der Waals surface area contributed by atoms with Crippen molar-refractivity contribution in [2.24, 2.45) is 0 Å². The van der Waals surface area contributed by atoms with Crippen LogP contribution in [0.3, 0.4) is 0 Å². The van der Waals surface area contributed by atoms with Crippen LogP contribution in [-0.2, 0) is 6.61 Å². The second-order valence-electron chi connectivity index (χ2n) is 6.55. The largest absolute Gasteiger partial charge is 0.489 e. The van der Waals surface area contributed by atoms with Crippen LogP contribution in [0.5, 0.6) is 5.75 Å². The second-order valence-corrected chi connectivity index (χ2v) is 6.55. The van der Waals surface area contributed by atoms with Crippen LogP contribution in [-0.4, -0.2) is 14.1 Å². The van der Waals surface area contributed by atoms with Crippen molar-refractivity contribution >= 4 is 5.69 Å². The van der Waals surface area contributed by atoms with Crippen molar-refractivity contribution in [3.05, 3.63) is 83.4 Å². The number of para-hydroxylation sites is 1. The molecule has 0 fully saturated rings. The first kappa shape index (κ1) is 17.1. The predicted molar refractivity (Wildman–Crippen MR) is 106 cm³/mol. The molecule has 0 amide bonds. The van der Waals surface area contributed by atoms with E-state index in [2.05, 4.69) is 81.4 Å². The monoisotopic (exact) mass is 331 g/mol. The molecule has 0 radical (unpaired) electrons. The molecule has 0 heterocycles. The number of anilines is 1. The van der Waals surface area contributed by atoms with E-state index < -0.39 is 0 Å². The molecule has 0 aromatic heterocycles. The van der Waals surface area contributed by atoms with Gasteiger partial charge in [-0.1, -0.05) is 54.6 Å². The molecule has 25 heavy (non-hydrogen) atoms. The van der Waals surface area contributed by atoms with Crippen LogP contribution in [0.15, 0.2) is 66.7 Å². The van der Waals surface area contributed by atoms with Crippen molar-refractivity contribution in [2.45, 2.75) is 20.5 Å². The number of hydrogen-bond donors (Lipinski definition) is 0. The van der Waals surface area contributed by atoms with E-state index in [4.69, 9.17) is 4.74 Å². The molecule has 0 atom stereocenters. The minimum atomic E-state index is 0.592. The van der Waals surface area contributed by atoms with Crippen LogP contribution < -0.4 is 9.64 Å². The van der Waals surface area contributed by atoms with Gasteiger partial charge in [0.2, 0.25) is 0 Å². The first-order chi connectivity index (χ1) is 12.1. The molecule has 0 saturated carbocycles. The van der Waals surface area contributed by atoms with E-state index in [9.17, 15) is 0 Å². The van der Waals surface area contributed by atoms with Crippen molar-refractivity contribution in [2.75, 3.05) is 19.0 Å². The lowest BCUT2D eigenvalue weighted by molar-refractivity contribution is 0.304. The quantitative estimate of drug-likeness (QED) is 0.602. The third-order valence-electron chi connectivity index (χ3n) is 4.65. The summed E-state index contributed by atoms with van der Waals surface area (Å²) in [5.41, 5.74) is 7.38. The summed E-state index contributed by atoms with van der Waals surface area (Å²) in [6, 6.07) is 23.1. The maximum atomic E-state index is 6.06. The van der Waals surface area contributed by atoms with Crippen molar-refractivity contribution in [3.8, 4) is 16.9 Å². The van der Waals surface area contributed by atoms with E-state index in [1.54, 1.807) is 0 Å². The number of nitrogens with zero attached hydrogens (tertiary/aromatic N) is 1. The van der Waals surface area contributed by atoms with E-state index >= 15 is 0 Å². The minimum absolute atomic E-state index is 0.592. The second kappa shape index (κ2) is 7.43. The Kier molecular flexibility index (Phi) is 5.08. The summed E-state index contributed by atoms with van der Waals surface area (Å²) < 4.78 is 6.06. The Morgan fingerprint density at radius 1 is 0.720 bits per heavy atom. The number of rotatable bonds is 5. The van der Waals surface area contributed by atoms with Gasteiger partial charge in [0.25, 0.3) is 0 Å². The lowest BCUT2D eigenvalue weighted by Gasteiger charge is -2.20. The highest BCUT2D eigenvalue weighted by molar-refractivity contribution is 5.81.